The van der Waals surface area contributed by atoms with Gasteiger partial charge in [0.15, 0.2) is 0 Å². The van der Waals surface area contributed by atoms with E-state index < -0.39 is 27.9 Å². The minimum absolute atomic E-state index is 0.0958. The van der Waals surface area contributed by atoms with Gasteiger partial charge in [-0.15, -0.1) is 0 Å². The molecule has 0 heterocycles. The Kier molecular flexibility index (Phi) is 12.7. The largest absolute Gasteiger partial charge is 0.463 e. The van der Waals surface area contributed by atoms with E-state index in [0.29, 0.717) is 0 Å². The second-order valence-corrected chi connectivity index (χ2v) is 7.59. The molecule has 0 aromatic heterocycles. The Hall–Kier alpha value is -1.19. The van der Waals surface area contributed by atoms with Crippen LogP contribution in [0, 0.1) is 11.8 Å². The first kappa shape index (κ1) is 25.1. The highest BCUT2D eigenvalue weighted by atomic mass is 32.2. The molecule has 8 nitrogen and oxygen atoms in total. The van der Waals surface area contributed by atoms with Gasteiger partial charge in [-0.05, 0) is 41.5 Å². The van der Waals surface area contributed by atoms with Gasteiger partial charge in [-0.2, -0.15) is 8.42 Å². The van der Waals surface area contributed by atoms with Gasteiger partial charge in [-0.1, -0.05) is 0 Å². The second-order valence-electron chi connectivity index (χ2n) is 5.94. The van der Waals surface area contributed by atoms with Crippen molar-refractivity contribution in [1.82, 2.24) is 0 Å². The van der Waals surface area contributed by atoms with Crippen molar-refractivity contribution in [2.45, 2.75) is 53.8 Å². The fourth-order valence-corrected chi connectivity index (χ4v) is 1.52. The third-order valence-electron chi connectivity index (χ3n) is 2.31. The highest BCUT2D eigenvalue weighted by molar-refractivity contribution is 7.85. The van der Waals surface area contributed by atoms with Gasteiger partial charge in [-0.3, -0.25) is 13.8 Å². The minimum Gasteiger partial charge on any atom is -0.463 e. The Morgan fingerprint density at radius 3 is 1.54 bits per heavy atom. The average Bonchev–Trinajstić information content (AvgIpc) is 2.42. The fourth-order valence-electron chi connectivity index (χ4n) is 1.07. The summed E-state index contributed by atoms with van der Waals surface area (Å²) < 4.78 is 35.3. The molecular formula is C15H30O8S. The first-order valence-corrected chi connectivity index (χ1v) is 9.48. The maximum absolute atomic E-state index is 11.2. The lowest BCUT2D eigenvalue weighted by Crippen LogP contribution is -2.23. The number of hydrogen-bond acceptors (Lipinski definition) is 8. The Balaban J connectivity index is 0. The third-order valence-corrected chi connectivity index (χ3v) is 2.88. The highest BCUT2D eigenvalue weighted by Crippen LogP contribution is 2.04. The number of carbonyl (C=O) groups excluding carboxylic acids is 2. The molecule has 2 unspecified atom stereocenters. The predicted molar refractivity (Wildman–Crippen MR) is 88.7 cm³/mol. The molecule has 0 aliphatic rings. The van der Waals surface area contributed by atoms with E-state index in [-0.39, 0.29) is 31.4 Å². The van der Waals surface area contributed by atoms with Crippen LogP contribution in [-0.2, 0) is 33.4 Å². The van der Waals surface area contributed by atoms with E-state index in [1.54, 1.807) is 41.5 Å². The quantitative estimate of drug-likeness (QED) is 0.499. The lowest BCUT2D eigenvalue weighted by atomic mass is 10.2. The van der Waals surface area contributed by atoms with Crippen LogP contribution >= 0.6 is 0 Å². The van der Waals surface area contributed by atoms with Gasteiger partial charge < -0.3 is 14.6 Å². The van der Waals surface area contributed by atoms with E-state index in [1.165, 1.54) is 0 Å². The lowest BCUT2D eigenvalue weighted by Gasteiger charge is -2.12. The molecule has 24 heavy (non-hydrogen) atoms. The van der Waals surface area contributed by atoms with Crippen molar-refractivity contribution in [3.8, 4) is 0 Å². The van der Waals surface area contributed by atoms with Crippen molar-refractivity contribution in [3.05, 3.63) is 0 Å². The fraction of sp³-hybridized carbons (Fsp3) is 0.867. The number of aliphatic hydroxyl groups is 1. The molecule has 0 saturated carbocycles. The van der Waals surface area contributed by atoms with Gasteiger partial charge in [0.2, 0.25) is 0 Å². The van der Waals surface area contributed by atoms with Gasteiger partial charge in [0.05, 0.1) is 43.5 Å². The van der Waals surface area contributed by atoms with Crippen LogP contribution in [0.4, 0.5) is 0 Å². The molecule has 144 valence electrons. The topological polar surface area (TPSA) is 116 Å². The van der Waals surface area contributed by atoms with Gasteiger partial charge in [0, 0.05) is 0 Å². The molecule has 0 radical (unpaired) electrons. The number of esters is 2. The molecular weight excluding hydrogens is 340 g/mol. The molecule has 0 saturated heterocycles. The molecule has 0 aliphatic carbocycles. The van der Waals surface area contributed by atoms with Crippen molar-refractivity contribution < 1.29 is 36.8 Å². The number of hydrogen-bond donors (Lipinski definition) is 1. The number of rotatable bonds is 8. The molecule has 0 bridgehead atoms. The first-order valence-electron chi connectivity index (χ1n) is 7.66. The van der Waals surface area contributed by atoms with E-state index in [2.05, 4.69) is 4.18 Å². The summed E-state index contributed by atoms with van der Waals surface area (Å²) in [4.78, 5) is 22.0. The van der Waals surface area contributed by atoms with Crippen molar-refractivity contribution in [1.29, 1.82) is 0 Å². The highest BCUT2D eigenvalue weighted by Gasteiger charge is 2.18. The summed E-state index contributed by atoms with van der Waals surface area (Å²) in [5.41, 5.74) is 0. The van der Waals surface area contributed by atoms with Crippen LogP contribution in [0.5, 0.6) is 0 Å². The minimum atomic E-state index is -3.49. The number of aliphatic hydroxyl groups excluding tert-OH is 1. The Bertz CT molecular complexity index is 470. The van der Waals surface area contributed by atoms with E-state index in [9.17, 15) is 18.0 Å². The molecule has 0 rings (SSSR count). The van der Waals surface area contributed by atoms with E-state index in [1.807, 2.05) is 0 Å². The maximum Gasteiger partial charge on any atom is 0.311 e. The summed E-state index contributed by atoms with van der Waals surface area (Å²) >= 11 is 0. The SMILES string of the molecule is CC(C)OC(=O)C(C)CO.CC(C)OC(=O)C(C)COS(C)(=O)=O. The maximum atomic E-state index is 11.2. The zero-order valence-corrected chi connectivity index (χ0v) is 16.3. The van der Waals surface area contributed by atoms with E-state index in [0.717, 1.165) is 6.26 Å². The summed E-state index contributed by atoms with van der Waals surface area (Å²) in [5.74, 6) is -1.77. The van der Waals surface area contributed by atoms with Crippen molar-refractivity contribution in [3.63, 3.8) is 0 Å². The van der Waals surface area contributed by atoms with Crippen LogP contribution in [0.1, 0.15) is 41.5 Å². The normalized spacial score (nSPS) is 13.8. The molecule has 0 fully saturated rings. The first-order chi connectivity index (χ1) is 10.8. The van der Waals surface area contributed by atoms with Crippen LogP contribution < -0.4 is 0 Å². The van der Waals surface area contributed by atoms with Crippen molar-refractivity contribution in [2.75, 3.05) is 19.5 Å². The summed E-state index contributed by atoms with van der Waals surface area (Å²) in [6, 6.07) is 0. The molecule has 0 amide bonds. The van der Waals surface area contributed by atoms with Gasteiger partial charge in [0.1, 0.15) is 0 Å². The Morgan fingerprint density at radius 1 is 0.875 bits per heavy atom. The molecule has 0 spiro atoms. The standard InChI is InChI=1S/C8H16O5S.C7H14O3/c1-6(2)13-8(9)7(3)5-12-14(4,10)11;1-5(2)10-7(9)6(3)4-8/h6-7H,5H2,1-4H3;5-6,8H,4H2,1-3H3. The van der Waals surface area contributed by atoms with Gasteiger partial charge in [0.25, 0.3) is 10.1 Å². The third kappa shape index (κ3) is 15.7. The summed E-state index contributed by atoms with van der Waals surface area (Å²) in [5, 5.41) is 8.52. The molecule has 0 aromatic carbocycles. The van der Waals surface area contributed by atoms with Crippen molar-refractivity contribution in [2.24, 2.45) is 11.8 Å². The lowest BCUT2D eigenvalue weighted by molar-refractivity contribution is -0.153. The summed E-state index contributed by atoms with van der Waals surface area (Å²) in [6.45, 7) is 9.87. The van der Waals surface area contributed by atoms with E-state index >= 15 is 0 Å². The van der Waals surface area contributed by atoms with Gasteiger partial charge in [-0.25, -0.2) is 0 Å². The monoisotopic (exact) mass is 370 g/mol. The number of carbonyl (C=O) groups is 2. The summed E-state index contributed by atoms with van der Waals surface area (Å²) in [7, 11) is -3.49. The van der Waals surface area contributed by atoms with Crippen LogP contribution in [-0.4, -0.2) is 57.1 Å². The van der Waals surface area contributed by atoms with Crippen LogP contribution in [0.2, 0.25) is 0 Å². The predicted octanol–water partition coefficient (Wildman–Crippen LogP) is 1.12. The zero-order valence-electron chi connectivity index (χ0n) is 15.4. The van der Waals surface area contributed by atoms with E-state index in [4.69, 9.17) is 14.6 Å². The van der Waals surface area contributed by atoms with Crippen LogP contribution in [0.3, 0.4) is 0 Å². The Morgan fingerprint density at radius 2 is 1.25 bits per heavy atom. The van der Waals surface area contributed by atoms with Crippen molar-refractivity contribution >= 4 is 22.1 Å². The summed E-state index contributed by atoms with van der Waals surface area (Å²) in [6.07, 6.45) is 0.637. The zero-order chi connectivity index (χ0) is 19.5. The van der Waals surface area contributed by atoms with Gasteiger partial charge >= 0.3 is 11.9 Å². The molecule has 9 heteroatoms. The number of ether oxygens (including phenoxy) is 2. The molecule has 0 aliphatic heterocycles. The molecule has 2 atom stereocenters. The second kappa shape index (κ2) is 12.2. The molecule has 1 N–H and O–H groups in total. The smallest absolute Gasteiger partial charge is 0.311 e. The molecule has 0 aromatic rings. The average molecular weight is 370 g/mol. The van der Waals surface area contributed by atoms with Crippen LogP contribution in [0.25, 0.3) is 0 Å². The van der Waals surface area contributed by atoms with Crippen LogP contribution in [0.15, 0.2) is 0 Å². The Labute approximate surface area is 144 Å².